The van der Waals surface area contributed by atoms with Crippen LogP contribution in [0.3, 0.4) is 0 Å². The maximum Gasteiger partial charge on any atom is 0.101 e. The molecule has 152 valence electrons. The molecule has 30 heavy (non-hydrogen) atoms. The van der Waals surface area contributed by atoms with E-state index in [9.17, 15) is 5.26 Å². The Kier molecular flexibility index (Phi) is 5.35. The van der Waals surface area contributed by atoms with E-state index in [2.05, 4.69) is 104 Å². The highest BCUT2D eigenvalue weighted by Crippen LogP contribution is 2.35. The summed E-state index contributed by atoms with van der Waals surface area (Å²) in [6.07, 6.45) is 0. The van der Waals surface area contributed by atoms with Gasteiger partial charge in [0.25, 0.3) is 0 Å². The van der Waals surface area contributed by atoms with Crippen LogP contribution in [0.4, 0.5) is 17.1 Å². The first-order valence-electron chi connectivity index (χ1n) is 10.3. The molecule has 0 aliphatic carbocycles. The van der Waals surface area contributed by atoms with Crippen LogP contribution in [0.2, 0.25) is 0 Å². The molecule has 0 aromatic heterocycles. The lowest BCUT2D eigenvalue weighted by atomic mass is 9.98. The average molecular weight is 398 g/mol. The quantitative estimate of drug-likeness (QED) is 0.510. The van der Waals surface area contributed by atoms with E-state index in [1.165, 1.54) is 0 Å². The van der Waals surface area contributed by atoms with Gasteiger partial charge in [0.1, 0.15) is 6.07 Å². The molecule has 0 saturated heterocycles. The van der Waals surface area contributed by atoms with Crippen LogP contribution in [0.1, 0.15) is 33.3 Å². The summed E-state index contributed by atoms with van der Waals surface area (Å²) in [4.78, 5) is 0. The van der Waals surface area contributed by atoms with Gasteiger partial charge in [0, 0.05) is 12.1 Å². The Morgan fingerprint density at radius 2 is 1.43 bits per heavy atom. The SMILES string of the molecule is CC(C)Nc1ccc(-c2ccc(-c3ccc4c(c3)NNN4C(C)C)cc2)cc1C#N. The molecule has 1 aliphatic heterocycles. The minimum atomic E-state index is 0.284. The van der Waals surface area contributed by atoms with Gasteiger partial charge in [-0.1, -0.05) is 36.4 Å². The smallest absolute Gasteiger partial charge is 0.101 e. The van der Waals surface area contributed by atoms with E-state index in [0.29, 0.717) is 11.6 Å². The molecule has 4 rings (SSSR count). The molecule has 1 aliphatic rings. The molecular weight excluding hydrogens is 370 g/mol. The van der Waals surface area contributed by atoms with Crippen molar-refractivity contribution in [2.75, 3.05) is 15.8 Å². The van der Waals surface area contributed by atoms with Crippen molar-refractivity contribution >= 4 is 17.1 Å². The molecule has 3 N–H and O–H groups in total. The third-order valence-electron chi connectivity index (χ3n) is 5.22. The molecule has 0 spiro atoms. The summed E-state index contributed by atoms with van der Waals surface area (Å²) in [5, 5.41) is 15.0. The summed E-state index contributed by atoms with van der Waals surface area (Å²) in [6, 6.07) is 23.9. The lowest BCUT2D eigenvalue weighted by Crippen LogP contribution is -2.41. The van der Waals surface area contributed by atoms with E-state index in [1.54, 1.807) is 0 Å². The van der Waals surface area contributed by atoms with Crippen molar-refractivity contribution in [1.29, 1.82) is 5.26 Å². The van der Waals surface area contributed by atoms with Gasteiger partial charge in [-0.25, -0.2) is 0 Å². The van der Waals surface area contributed by atoms with Gasteiger partial charge in [-0.15, -0.1) is 5.53 Å². The lowest BCUT2D eigenvalue weighted by molar-refractivity contribution is 0.633. The van der Waals surface area contributed by atoms with Crippen LogP contribution in [-0.4, -0.2) is 12.1 Å². The third-order valence-corrected chi connectivity index (χ3v) is 5.22. The van der Waals surface area contributed by atoms with Crippen molar-refractivity contribution < 1.29 is 0 Å². The van der Waals surface area contributed by atoms with Gasteiger partial charge in [0.05, 0.1) is 22.6 Å². The van der Waals surface area contributed by atoms with Crippen molar-refractivity contribution in [3.05, 3.63) is 66.2 Å². The Hall–Kier alpha value is -3.49. The molecule has 3 aromatic rings. The van der Waals surface area contributed by atoms with Crippen molar-refractivity contribution in [1.82, 2.24) is 5.53 Å². The number of rotatable bonds is 5. The zero-order valence-electron chi connectivity index (χ0n) is 17.8. The second-order valence-corrected chi connectivity index (χ2v) is 8.18. The Bertz CT molecular complexity index is 1090. The van der Waals surface area contributed by atoms with E-state index in [-0.39, 0.29) is 6.04 Å². The Morgan fingerprint density at radius 3 is 2.03 bits per heavy atom. The van der Waals surface area contributed by atoms with Crippen LogP contribution in [0.15, 0.2) is 60.7 Å². The van der Waals surface area contributed by atoms with Crippen LogP contribution in [0.5, 0.6) is 0 Å². The minimum Gasteiger partial charge on any atom is -0.382 e. The van der Waals surface area contributed by atoms with Gasteiger partial charge in [0.2, 0.25) is 0 Å². The first kappa shape index (κ1) is 19.8. The molecule has 3 aromatic carbocycles. The van der Waals surface area contributed by atoms with Gasteiger partial charge >= 0.3 is 0 Å². The van der Waals surface area contributed by atoms with Crippen molar-refractivity contribution in [3.8, 4) is 28.3 Å². The summed E-state index contributed by atoms with van der Waals surface area (Å²) in [7, 11) is 0. The van der Waals surface area contributed by atoms with Gasteiger partial charge in [-0.05, 0) is 74.2 Å². The fourth-order valence-corrected chi connectivity index (χ4v) is 3.72. The average Bonchev–Trinajstić information content (AvgIpc) is 3.17. The van der Waals surface area contributed by atoms with Gasteiger partial charge < -0.3 is 10.7 Å². The number of nitriles is 1. The molecule has 0 bridgehead atoms. The van der Waals surface area contributed by atoms with Crippen LogP contribution in [0, 0.1) is 11.3 Å². The fourth-order valence-electron chi connectivity index (χ4n) is 3.72. The normalized spacial score (nSPS) is 12.6. The van der Waals surface area contributed by atoms with Gasteiger partial charge in [-0.2, -0.15) is 5.26 Å². The molecule has 0 fully saturated rings. The summed E-state index contributed by atoms with van der Waals surface area (Å²) in [6.45, 7) is 8.44. The Balaban J connectivity index is 1.59. The van der Waals surface area contributed by atoms with Gasteiger partial charge in [-0.3, -0.25) is 5.01 Å². The molecule has 0 atom stereocenters. The highest BCUT2D eigenvalue weighted by Gasteiger charge is 2.21. The summed E-state index contributed by atoms with van der Waals surface area (Å²) in [5.74, 6) is 0. The zero-order valence-corrected chi connectivity index (χ0v) is 17.8. The highest BCUT2D eigenvalue weighted by molar-refractivity contribution is 5.81. The highest BCUT2D eigenvalue weighted by atomic mass is 15.7. The van der Waals surface area contributed by atoms with Crippen LogP contribution < -0.4 is 21.3 Å². The van der Waals surface area contributed by atoms with E-state index in [4.69, 9.17) is 0 Å². The monoisotopic (exact) mass is 397 g/mol. The van der Waals surface area contributed by atoms with Crippen LogP contribution in [0.25, 0.3) is 22.3 Å². The maximum atomic E-state index is 9.52. The molecule has 0 unspecified atom stereocenters. The zero-order chi connectivity index (χ0) is 21.3. The number of nitrogens with zero attached hydrogens (tertiary/aromatic N) is 2. The predicted molar refractivity (Wildman–Crippen MR) is 125 cm³/mol. The number of fused-ring (bicyclic) bond motifs is 1. The first-order chi connectivity index (χ1) is 14.5. The molecule has 5 nitrogen and oxygen atoms in total. The predicted octanol–water partition coefficient (Wildman–Crippen LogP) is 5.77. The summed E-state index contributed by atoms with van der Waals surface area (Å²) in [5.41, 5.74) is 14.7. The second-order valence-electron chi connectivity index (χ2n) is 8.18. The second kappa shape index (κ2) is 8.10. The van der Waals surface area contributed by atoms with Crippen molar-refractivity contribution in [2.45, 2.75) is 39.8 Å². The molecule has 1 heterocycles. The molecule has 0 radical (unpaired) electrons. The maximum absolute atomic E-state index is 9.52. The Morgan fingerprint density at radius 1 is 0.833 bits per heavy atom. The number of hydrogen-bond acceptors (Lipinski definition) is 5. The van der Waals surface area contributed by atoms with Crippen LogP contribution in [-0.2, 0) is 0 Å². The third kappa shape index (κ3) is 3.83. The number of hydrazine groups is 2. The number of hydrogen-bond donors (Lipinski definition) is 3. The van der Waals surface area contributed by atoms with Crippen LogP contribution >= 0.6 is 0 Å². The first-order valence-corrected chi connectivity index (χ1v) is 10.3. The molecular formula is C25H27N5. The van der Waals surface area contributed by atoms with E-state index in [1.807, 2.05) is 12.1 Å². The van der Waals surface area contributed by atoms with Gasteiger partial charge in [0.15, 0.2) is 0 Å². The lowest BCUT2D eigenvalue weighted by Gasteiger charge is -2.22. The minimum absolute atomic E-state index is 0.284. The largest absolute Gasteiger partial charge is 0.382 e. The fraction of sp³-hybridized carbons (Fsp3) is 0.240. The van der Waals surface area contributed by atoms with E-state index < -0.39 is 0 Å². The van der Waals surface area contributed by atoms with E-state index >= 15 is 0 Å². The summed E-state index contributed by atoms with van der Waals surface area (Å²) >= 11 is 0. The number of benzene rings is 3. The number of nitrogens with one attached hydrogen (secondary N) is 3. The van der Waals surface area contributed by atoms with E-state index in [0.717, 1.165) is 39.3 Å². The molecule has 0 saturated carbocycles. The topological polar surface area (TPSA) is 63.1 Å². The molecule has 0 amide bonds. The molecule has 5 heteroatoms. The van der Waals surface area contributed by atoms with Crippen molar-refractivity contribution in [3.63, 3.8) is 0 Å². The summed E-state index contributed by atoms with van der Waals surface area (Å²) < 4.78 is 0. The standard InChI is InChI=1S/C25H27N5/c1-16(2)27-23-11-9-20(13-22(23)15-26)18-5-7-19(8-6-18)21-10-12-25-24(14-21)28-29-30(25)17(3)4/h5-14,16-17,27-29H,1-4H3. The Labute approximate surface area is 178 Å². The number of anilines is 3. The van der Waals surface area contributed by atoms with Crippen molar-refractivity contribution in [2.24, 2.45) is 0 Å².